The van der Waals surface area contributed by atoms with Gasteiger partial charge in [-0.15, -0.1) is 0 Å². The third kappa shape index (κ3) is 4.30. The first-order valence-electron chi connectivity index (χ1n) is 5.84. The Hall–Kier alpha value is -0.580. The first kappa shape index (κ1) is 14.5. The molecule has 0 amide bonds. The molecule has 0 heterocycles. The van der Waals surface area contributed by atoms with E-state index in [2.05, 4.69) is 29.8 Å². The lowest BCUT2D eigenvalue weighted by atomic mass is 9.96. The van der Waals surface area contributed by atoms with Crippen LogP contribution in [0.2, 0.25) is 0 Å². The molecular weight excluding hydrogens is 282 g/mol. The van der Waals surface area contributed by atoms with Gasteiger partial charge in [-0.25, -0.2) is 0 Å². The molecule has 0 aliphatic heterocycles. The van der Waals surface area contributed by atoms with Crippen LogP contribution in [-0.2, 0) is 0 Å². The minimum absolute atomic E-state index is 0.162. The maximum absolute atomic E-state index is 10.0. The molecule has 0 radical (unpaired) electrons. The number of phenols is 1. The van der Waals surface area contributed by atoms with Crippen LogP contribution in [0.25, 0.3) is 0 Å². The van der Waals surface area contributed by atoms with Gasteiger partial charge in [0.05, 0.1) is 12.1 Å². The van der Waals surface area contributed by atoms with Gasteiger partial charge in [0, 0.05) is 4.47 Å². The van der Waals surface area contributed by atoms with Gasteiger partial charge >= 0.3 is 0 Å². The fraction of sp³-hybridized carbons (Fsp3) is 0.538. The first-order valence-corrected chi connectivity index (χ1v) is 6.63. The van der Waals surface area contributed by atoms with Crippen LogP contribution in [0.4, 0.5) is 0 Å². The van der Waals surface area contributed by atoms with Gasteiger partial charge in [-0.2, -0.15) is 0 Å². The fourth-order valence-corrected chi connectivity index (χ4v) is 2.19. The Balaban J connectivity index is 2.74. The average Bonchev–Trinajstić information content (AvgIpc) is 2.28. The lowest BCUT2D eigenvalue weighted by Crippen LogP contribution is -2.26. The smallest absolute Gasteiger partial charge is 0.115 e. The van der Waals surface area contributed by atoms with E-state index in [1.54, 1.807) is 18.2 Å². The zero-order chi connectivity index (χ0) is 13.0. The molecule has 4 N–H and O–H groups in total. The number of aliphatic hydroxyl groups is 1. The molecule has 0 saturated carbocycles. The molecule has 17 heavy (non-hydrogen) atoms. The first-order chi connectivity index (χ1) is 7.91. The molecule has 0 saturated heterocycles. The summed E-state index contributed by atoms with van der Waals surface area (Å²) >= 11 is 3.38. The lowest BCUT2D eigenvalue weighted by Gasteiger charge is -2.21. The van der Waals surface area contributed by atoms with Gasteiger partial charge in [0.1, 0.15) is 5.75 Å². The van der Waals surface area contributed by atoms with Crippen molar-refractivity contribution in [1.82, 2.24) is 0 Å². The number of hydrogen-bond acceptors (Lipinski definition) is 3. The molecule has 1 aromatic rings. The molecule has 0 fully saturated rings. The van der Waals surface area contributed by atoms with Gasteiger partial charge in [0.15, 0.2) is 0 Å². The zero-order valence-electron chi connectivity index (χ0n) is 10.2. The lowest BCUT2D eigenvalue weighted by molar-refractivity contribution is 0.128. The summed E-state index contributed by atoms with van der Waals surface area (Å²) in [6.07, 6.45) is 1.02. The van der Waals surface area contributed by atoms with Crippen molar-refractivity contribution in [2.24, 2.45) is 11.7 Å². The van der Waals surface area contributed by atoms with E-state index in [-0.39, 0.29) is 5.75 Å². The van der Waals surface area contributed by atoms with Crippen molar-refractivity contribution in [2.45, 2.75) is 38.8 Å². The summed E-state index contributed by atoms with van der Waals surface area (Å²) in [6.45, 7) is 4.23. The molecule has 96 valence electrons. The normalized spacial score (nSPS) is 14.9. The summed E-state index contributed by atoms with van der Waals surface area (Å²) in [5, 5.41) is 19.4. The second kappa shape index (κ2) is 6.38. The predicted octanol–water partition coefficient (Wildman–Crippen LogP) is 2.95. The van der Waals surface area contributed by atoms with Gasteiger partial charge in [-0.1, -0.05) is 29.8 Å². The Morgan fingerprint density at radius 3 is 2.53 bits per heavy atom. The van der Waals surface area contributed by atoms with E-state index in [9.17, 15) is 10.2 Å². The molecule has 0 unspecified atom stereocenters. The number of halogens is 1. The van der Waals surface area contributed by atoms with Crippen molar-refractivity contribution in [3.05, 3.63) is 28.2 Å². The van der Waals surface area contributed by atoms with Gasteiger partial charge < -0.3 is 15.9 Å². The molecule has 3 nitrogen and oxygen atoms in total. The van der Waals surface area contributed by atoms with Crippen LogP contribution in [-0.4, -0.2) is 16.3 Å². The highest BCUT2D eigenvalue weighted by Crippen LogP contribution is 2.29. The largest absolute Gasteiger partial charge is 0.508 e. The Morgan fingerprint density at radius 1 is 1.29 bits per heavy atom. The summed E-state index contributed by atoms with van der Waals surface area (Å²) in [7, 11) is 0. The monoisotopic (exact) mass is 301 g/mol. The van der Waals surface area contributed by atoms with Crippen molar-refractivity contribution in [3.63, 3.8) is 0 Å². The number of aliphatic hydroxyl groups excluding tert-OH is 1. The molecule has 0 aliphatic carbocycles. The number of nitrogens with two attached hydrogens (primary N) is 1. The van der Waals surface area contributed by atoms with Crippen molar-refractivity contribution < 1.29 is 10.2 Å². The third-order valence-corrected chi connectivity index (χ3v) is 3.52. The molecule has 0 aromatic heterocycles. The number of hydrogen-bond donors (Lipinski definition) is 3. The summed E-state index contributed by atoms with van der Waals surface area (Å²) in [6, 6.07) is 4.43. The standard InChI is InChI=1S/C13H20BrNO2/c1-8(2)3-6-12(17)13(15)10-7-9(16)4-5-11(10)14/h4-5,7-8,12-13,16-17H,3,6,15H2,1-2H3/t12-,13+/m0/s1. The van der Waals surface area contributed by atoms with Crippen LogP contribution < -0.4 is 5.73 Å². The number of phenolic OH excluding ortho intramolecular Hbond substituents is 1. The molecule has 1 aromatic carbocycles. The van der Waals surface area contributed by atoms with Crippen molar-refractivity contribution in [1.29, 1.82) is 0 Å². The molecule has 0 aliphatic rings. The van der Waals surface area contributed by atoms with Crippen LogP contribution >= 0.6 is 15.9 Å². The van der Waals surface area contributed by atoms with E-state index >= 15 is 0 Å². The quantitative estimate of drug-likeness (QED) is 0.783. The molecule has 1 rings (SSSR count). The number of aromatic hydroxyl groups is 1. The van der Waals surface area contributed by atoms with Gasteiger partial charge in [0.2, 0.25) is 0 Å². The molecule has 2 atom stereocenters. The molecule has 0 spiro atoms. The highest BCUT2D eigenvalue weighted by molar-refractivity contribution is 9.10. The SMILES string of the molecule is CC(C)CC[C@H](O)[C@H](N)c1cc(O)ccc1Br. The maximum atomic E-state index is 10.0. The zero-order valence-corrected chi connectivity index (χ0v) is 11.8. The average molecular weight is 302 g/mol. The van der Waals surface area contributed by atoms with Crippen molar-refractivity contribution in [2.75, 3.05) is 0 Å². The number of benzene rings is 1. The Bertz CT molecular complexity index is 368. The van der Waals surface area contributed by atoms with Gasteiger partial charge in [-0.3, -0.25) is 0 Å². The summed E-state index contributed by atoms with van der Waals surface area (Å²) in [5.74, 6) is 0.708. The summed E-state index contributed by atoms with van der Waals surface area (Å²) in [4.78, 5) is 0. The third-order valence-electron chi connectivity index (χ3n) is 2.79. The molecule has 0 bridgehead atoms. The van der Waals surface area contributed by atoms with Crippen LogP contribution in [0.5, 0.6) is 5.75 Å². The summed E-state index contributed by atoms with van der Waals surface area (Å²) in [5.41, 5.74) is 6.74. The predicted molar refractivity (Wildman–Crippen MR) is 72.8 cm³/mol. The van der Waals surface area contributed by atoms with Crippen LogP contribution in [0.15, 0.2) is 22.7 Å². The van der Waals surface area contributed by atoms with E-state index in [4.69, 9.17) is 5.73 Å². The van der Waals surface area contributed by atoms with E-state index in [1.165, 1.54) is 0 Å². The van der Waals surface area contributed by atoms with E-state index in [0.29, 0.717) is 12.3 Å². The topological polar surface area (TPSA) is 66.5 Å². The van der Waals surface area contributed by atoms with Gasteiger partial charge in [-0.05, 0) is 42.5 Å². The highest BCUT2D eigenvalue weighted by Gasteiger charge is 2.19. The highest BCUT2D eigenvalue weighted by atomic mass is 79.9. The molecule has 4 heteroatoms. The Labute approximate surface area is 111 Å². The van der Waals surface area contributed by atoms with E-state index in [0.717, 1.165) is 16.5 Å². The fourth-order valence-electron chi connectivity index (χ4n) is 1.68. The van der Waals surface area contributed by atoms with Gasteiger partial charge in [0.25, 0.3) is 0 Å². The summed E-state index contributed by atoms with van der Waals surface area (Å²) < 4.78 is 0.811. The molecular formula is C13H20BrNO2. The number of rotatable bonds is 5. The van der Waals surface area contributed by atoms with Crippen LogP contribution in [0, 0.1) is 5.92 Å². The van der Waals surface area contributed by atoms with Crippen molar-refractivity contribution >= 4 is 15.9 Å². The Kier molecular flexibility index (Phi) is 5.43. The van der Waals surface area contributed by atoms with Crippen molar-refractivity contribution in [3.8, 4) is 5.75 Å². The second-order valence-electron chi connectivity index (χ2n) is 4.77. The Morgan fingerprint density at radius 2 is 1.94 bits per heavy atom. The van der Waals surface area contributed by atoms with E-state index < -0.39 is 12.1 Å². The minimum Gasteiger partial charge on any atom is -0.508 e. The maximum Gasteiger partial charge on any atom is 0.115 e. The van der Waals surface area contributed by atoms with Crippen LogP contribution in [0.3, 0.4) is 0 Å². The second-order valence-corrected chi connectivity index (χ2v) is 5.62. The van der Waals surface area contributed by atoms with Crippen LogP contribution in [0.1, 0.15) is 38.3 Å². The minimum atomic E-state index is -0.588. The van der Waals surface area contributed by atoms with E-state index in [1.807, 2.05) is 0 Å².